The maximum absolute atomic E-state index is 12.5. The van der Waals surface area contributed by atoms with E-state index in [1.54, 1.807) is 17.7 Å². The van der Waals surface area contributed by atoms with E-state index in [4.69, 9.17) is 9.72 Å². The van der Waals surface area contributed by atoms with Crippen LogP contribution in [0.25, 0.3) is 16.7 Å². The maximum Gasteiger partial charge on any atom is 0.343 e. The number of carbonyl (C=O) groups is 1. The Morgan fingerprint density at radius 2 is 1.93 bits per heavy atom. The summed E-state index contributed by atoms with van der Waals surface area (Å²) in [6, 6.07) is 11.6. The van der Waals surface area contributed by atoms with Gasteiger partial charge in [0.2, 0.25) is 0 Å². The maximum atomic E-state index is 12.5. The third-order valence-corrected chi connectivity index (χ3v) is 4.76. The van der Waals surface area contributed by atoms with Crippen LogP contribution in [0.4, 0.5) is 11.6 Å². The highest BCUT2D eigenvalue weighted by atomic mass is 16.5. The highest BCUT2D eigenvalue weighted by Crippen LogP contribution is 2.27. The minimum absolute atomic E-state index is 0.264. The number of hydrogen-bond donors (Lipinski definition) is 1. The summed E-state index contributed by atoms with van der Waals surface area (Å²) in [5.41, 5.74) is 4.11. The van der Waals surface area contributed by atoms with Gasteiger partial charge in [-0.1, -0.05) is 18.2 Å². The molecular weight excluding hydrogens is 380 g/mol. The van der Waals surface area contributed by atoms with E-state index in [0.29, 0.717) is 23.0 Å². The number of nitrogens with zero attached hydrogens (tertiary/aromatic N) is 5. The fourth-order valence-electron chi connectivity index (χ4n) is 3.24. The summed E-state index contributed by atoms with van der Waals surface area (Å²) in [7, 11) is 0. The topological polar surface area (TPSA) is 94.8 Å². The molecular formula is C22H22N6O2. The van der Waals surface area contributed by atoms with Crippen molar-refractivity contribution in [3.8, 4) is 5.82 Å². The van der Waals surface area contributed by atoms with Crippen LogP contribution >= 0.6 is 0 Å². The van der Waals surface area contributed by atoms with Gasteiger partial charge in [-0.3, -0.25) is 0 Å². The van der Waals surface area contributed by atoms with Crippen LogP contribution in [0, 0.1) is 20.8 Å². The molecule has 0 aliphatic heterocycles. The number of aryl methyl sites for hydroxylation is 3. The van der Waals surface area contributed by atoms with Crippen molar-refractivity contribution in [3.63, 3.8) is 0 Å². The second-order valence-electron chi connectivity index (χ2n) is 6.99. The number of carbonyl (C=O) groups excluding carboxylic acids is 1. The average Bonchev–Trinajstić information content (AvgIpc) is 3.14. The molecule has 0 radical (unpaired) electrons. The molecule has 1 N–H and O–H groups in total. The minimum Gasteiger partial charge on any atom is -0.462 e. The highest BCUT2D eigenvalue weighted by Gasteiger charge is 2.21. The first kappa shape index (κ1) is 19.5. The fraction of sp³-hybridized carbons (Fsp3) is 0.227. The second kappa shape index (κ2) is 7.90. The molecule has 0 aliphatic rings. The molecule has 0 bridgehead atoms. The van der Waals surface area contributed by atoms with Crippen molar-refractivity contribution in [2.75, 3.05) is 11.9 Å². The van der Waals surface area contributed by atoms with Crippen LogP contribution in [0.15, 0.2) is 42.6 Å². The zero-order chi connectivity index (χ0) is 21.3. The van der Waals surface area contributed by atoms with Crippen LogP contribution in [0.1, 0.15) is 34.1 Å². The predicted molar refractivity (Wildman–Crippen MR) is 114 cm³/mol. The minimum atomic E-state index is -0.472. The van der Waals surface area contributed by atoms with E-state index >= 15 is 0 Å². The first-order valence-electron chi connectivity index (χ1n) is 9.67. The molecule has 8 nitrogen and oxygen atoms in total. The molecule has 4 rings (SSSR count). The van der Waals surface area contributed by atoms with Gasteiger partial charge in [-0.15, -0.1) is 5.10 Å². The molecule has 8 heteroatoms. The highest BCUT2D eigenvalue weighted by molar-refractivity contribution is 5.95. The molecule has 4 aromatic rings. The summed E-state index contributed by atoms with van der Waals surface area (Å²) in [5, 5.41) is 16.9. The second-order valence-corrected chi connectivity index (χ2v) is 6.99. The summed E-state index contributed by atoms with van der Waals surface area (Å²) < 4.78 is 6.79. The summed E-state index contributed by atoms with van der Waals surface area (Å²) in [4.78, 5) is 17.3. The molecule has 0 amide bonds. The van der Waals surface area contributed by atoms with Gasteiger partial charge in [0.15, 0.2) is 17.5 Å². The van der Waals surface area contributed by atoms with E-state index in [1.165, 1.54) is 6.20 Å². The standard InChI is InChI=1S/C22H22N6O2/c1-5-30-22(29)17-12-23-28(21(17)24-18-10-9-15(4)26-27-18)19-11-14(3)16-8-6-7-13(2)20(16)25-19/h6-12H,5H2,1-4H3,(H,24,27). The smallest absolute Gasteiger partial charge is 0.343 e. The van der Waals surface area contributed by atoms with Gasteiger partial charge in [0.25, 0.3) is 0 Å². The van der Waals surface area contributed by atoms with E-state index in [0.717, 1.165) is 27.7 Å². The molecule has 1 aromatic carbocycles. The van der Waals surface area contributed by atoms with Gasteiger partial charge in [0.05, 0.1) is 24.0 Å². The van der Waals surface area contributed by atoms with E-state index in [1.807, 2.05) is 51.1 Å². The Hall–Kier alpha value is -3.81. The Bertz CT molecular complexity index is 1230. The third-order valence-electron chi connectivity index (χ3n) is 4.76. The molecule has 0 fully saturated rings. The van der Waals surface area contributed by atoms with E-state index in [9.17, 15) is 4.79 Å². The lowest BCUT2D eigenvalue weighted by molar-refractivity contribution is 0.0527. The van der Waals surface area contributed by atoms with Gasteiger partial charge in [-0.2, -0.15) is 14.9 Å². The zero-order valence-electron chi connectivity index (χ0n) is 17.3. The Kier molecular flexibility index (Phi) is 5.14. The molecule has 152 valence electrons. The molecule has 0 atom stereocenters. The SMILES string of the molecule is CCOC(=O)c1cnn(-c2cc(C)c3cccc(C)c3n2)c1Nc1ccc(C)nn1. The summed E-state index contributed by atoms with van der Waals surface area (Å²) >= 11 is 0. The van der Waals surface area contributed by atoms with Crippen molar-refractivity contribution in [1.29, 1.82) is 0 Å². The lowest BCUT2D eigenvalue weighted by Crippen LogP contribution is -2.11. The van der Waals surface area contributed by atoms with Gasteiger partial charge in [0, 0.05) is 5.39 Å². The van der Waals surface area contributed by atoms with Crippen LogP contribution in [-0.4, -0.2) is 37.5 Å². The fourth-order valence-corrected chi connectivity index (χ4v) is 3.24. The van der Waals surface area contributed by atoms with Crippen LogP contribution in [0.5, 0.6) is 0 Å². The number of ether oxygens (including phenoxy) is 1. The number of pyridine rings is 1. The van der Waals surface area contributed by atoms with Gasteiger partial charge in [0.1, 0.15) is 5.56 Å². The Balaban J connectivity index is 1.87. The number of aromatic nitrogens is 5. The number of fused-ring (bicyclic) bond motifs is 1. The quantitative estimate of drug-likeness (QED) is 0.503. The van der Waals surface area contributed by atoms with E-state index < -0.39 is 5.97 Å². The van der Waals surface area contributed by atoms with Crippen LogP contribution < -0.4 is 5.32 Å². The Labute approximate surface area is 173 Å². The van der Waals surface area contributed by atoms with Gasteiger partial charge in [-0.05, 0) is 57.0 Å². The monoisotopic (exact) mass is 402 g/mol. The molecule has 0 saturated carbocycles. The molecule has 0 aliphatic carbocycles. The van der Waals surface area contributed by atoms with Crippen molar-refractivity contribution in [3.05, 3.63) is 65.0 Å². The summed E-state index contributed by atoms with van der Waals surface area (Å²) in [6.07, 6.45) is 1.47. The predicted octanol–water partition coefficient (Wildman–Crippen LogP) is 4.06. The largest absolute Gasteiger partial charge is 0.462 e. The molecule has 3 heterocycles. The third kappa shape index (κ3) is 3.59. The van der Waals surface area contributed by atoms with Crippen molar-refractivity contribution < 1.29 is 9.53 Å². The number of esters is 1. The van der Waals surface area contributed by atoms with Crippen LogP contribution in [0.2, 0.25) is 0 Å². The molecule has 0 unspecified atom stereocenters. The molecule has 0 spiro atoms. The number of para-hydroxylation sites is 1. The van der Waals surface area contributed by atoms with Crippen molar-refractivity contribution in [2.24, 2.45) is 0 Å². The first-order chi connectivity index (χ1) is 14.5. The average molecular weight is 402 g/mol. The zero-order valence-corrected chi connectivity index (χ0v) is 17.3. The molecule has 0 saturated heterocycles. The first-order valence-corrected chi connectivity index (χ1v) is 9.67. The van der Waals surface area contributed by atoms with E-state index in [-0.39, 0.29) is 6.61 Å². The number of rotatable bonds is 5. The Morgan fingerprint density at radius 3 is 2.67 bits per heavy atom. The molecule has 3 aromatic heterocycles. The molecule has 30 heavy (non-hydrogen) atoms. The number of benzene rings is 1. The normalized spacial score (nSPS) is 10.9. The number of anilines is 2. The van der Waals surface area contributed by atoms with Crippen molar-refractivity contribution in [2.45, 2.75) is 27.7 Å². The van der Waals surface area contributed by atoms with Gasteiger partial charge in [-0.25, -0.2) is 9.78 Å². The summed E-state index contributed by atoms with van der Waals surface area (Å²) in [5.74, 6) is 1.03. The number of hydrogen-bond acceptors (Lipinski definition) is 7. The van der Waals surface area contributed by atoms with Gasteiger partial charge < -0.3 is 10.1 Å². The lowest BCUT2D eigenvalue weighted by atomic mass is 10.1. The lowest BCUT2D eigenvalue weighted by Gasteiger charge is -2.13. The van der Waals surface area contributed by atoms with Crippen molar-refractivity contribution >= 4 is 28.5 Å². The van der Waals surface area contributed by atoms with Crippen LogP contribution in [0.3, 0.4) is 0 Å². The number of nitrogens with one attached hydrogen (secondary N) is 1. The Morgan fingerprint density at radius 1 is 1.10 bits per heavy atom. The van der Waals surface area contributed by atoms with E-state index in [2.05, 4.69) is 20.6 Å². The van der Waals surface area contributed by atoms with Crippen molar-refractivity contribution in [1.82, 2.24) is 25.0 Å². The van der Waals surface area contributed by atoms with Crippen LogP contribution in [-0.2, 0) is 4.74 Å². The summed E-state index contributed by atoms with van der Waals surface area (Å²) in [6.45, 7) is 7.93. The van der Waals surface area contributed by atoms with Gasteiger partial charge >= 0.3 is 5.97 Å².